The van der Waals surface area contributed by atoms with Gasteiger partial charge in [0.1, 0.15) is 77.2 Å². The van der Waals surface area contributed by atoms with E-state index in [0.29, 0.717) is 123 Å². The number of nitrogens with one attached hydrogen (secondary N) is 2. The van der Waals surface area contributed by atoms with Crippen molar-refractivity contribution < 1.29 is 16.8 Å². The predicted octanol–water partition coefficient (Wildman–Crippen LogP) is 18.6. The normalized spacial score (nSPS) is 20.0. The Kier molecular flexibility index (Phi) is 33.1. The Labute approximate surface area is 902 Å². The summed E-state index contributed by atoms with van der Waals surface area (Å²) >= 11 is 50.3. The van der Waals surface area contributed by atoms with Gasteiger partial charge >= 0.3 is 0 Å². The summed E-state index contributed by atoms with van der Waals surface area (Å²) in [7, 11) is -5.79. The largest absolute Gasteiger partial charge is 0.355 e. The van der Waals surface area contributed by atoms with E-state index >= 15 is 0 Å². The fourth-order valence-corrected chi connectivity index (χ4v) is 26.1. The molecule has 22 rings (SSSR count). The summed E-state index contributed by atoms with van der Waals surface area (Å²) in [5.41, 5.74) is 13.4. The first kappa shape index (κ1) is 106. The number of hydrogen-bond donors (Lipinski definition) is 2. The summed E-state index contributed by atoms with van der Waals surface area (Å²) in [6.45, 7) is 32.0. The molecule has 8 aliphatic heterocycles. The van der Waals surface area contributed by atoms with Crippen LogP contribution in [-0.4, -0.2) is 277 Å². The summed E-state index contributed by atoms with van der Waals surface area (Å²) in [5, 5.41) is 42.5. The van der Waals surface area contributed by atoms with Crippen molar-refractivity contribution in [3.05, 3.63) is 219 Å². The monoisotopic (exact) mass is 2200 g/mol. The molecule has 34 nitrogen and oxygen atoms in total. The van der Waals surface area contributed by atoms with Crippen LogP contribution in [0.1, 0.15) is 172 Å². The van der Waals surface area contributed by atoms with Crippen LogP contribution in [0.4, 0.5) is 23.3 Å². The number of nitrogens with zero attached hydrogens (tertiary/aromatic N) is 28. The number of anilines is 4. The number of benzene rings is 4. The van der Waals surface area contributed by atoms with Crippen molar-refractivity contribution >= 4 is 180 Å². The highest BCUT2D eigenvalue weighted by atomic mass is 35.5. The maximum atomic E-state index is 11.5. The summed E-state index contributed by atoms with van der Waals surface area (Å²) in [4.78, 5) is 72.3. The number of halogens is 8. The van der Waals surface area contributed by atoms with E-state index in [1.54, 1.807) is 70.8 Å². The molecule has 8 fully saturated rings. The van der Waals surface area contributed by atoms with E-state index in [2.05, 4.69) is 105 Å². The SMILES string of the molecule is C[C@H](c1ccc(Cl)cc1Cl)n1nc(C#N)c2ncc(N3CC([C@@H]4CCCN(Cc5cnc[nH]5)C4)C3)nc21.C[C@H](c1ccc(Cl)cc1Cl)n1nc(C#N)c2ncc(N3CC([C@H]4CCCN(Cc5cnc[nH]5)C4)C3)nc21.Cc1nn([C@H](C)c2ccc(Cl)cc2Cl)c2nc(N3CC([C@@H]4CCCN(CCCS(C)(=O)=O)C4)C3)cnc12.Cc1nn([C@H](C)c2ccc(Cl)cc2Cl)c2nc(N3CC([C@H]4CCCN(CCCS(C)(=O)=O)C4)C3)cnc12. The molecule has 0 aliphatic carbocycles. The molecule has 14 aromatic rings. The molecular formula is C104H122Cl8N30O4S2. The number of sulfone groups is 2. The van der Waals surface area contributed by atoms with Crippen molar-refractivity contribution in [3.8, 4) is 12.1 Å². The molecule has 18 heterocycles. The molecule has 0 saturated carbocycles. The van der Waals surface area contributed by atoms with Crippen molar-refractivity contribution in [2.24, 2.45) is 47.3 Å². The van der Waals surface area contributed by atoms with Gasteiger partial charge < -0.3 is 39.4 Å². The molecule has 8 atom stereocenters. The fourth-order valence-electron chi connectivity index (χ4n) is 22.5. The molecule has 4 aromatic carbocycles. The van der Waals surface area contributed by atoms with Gasteiger partial charge in [-0.15, -0.1) is 0 Å². The first-order valence-electron chi connectivity index (χ1n) is 50.9. The van der Waals surface area contributed by atoms with Gasteiger partial charge in [-0.25, -0.2) is 85.4 Å². The van der Waals surface area contributed by atoms with E-state index in [-0.39, 0.29) is 47.1 Å². The maximum Gasteiger partial charge on any atom is 0.190 e. The Hall–Kier alpha value is -10.3. The van der Waals surface area contributed by atoms with Crippen molar-refractivity contribution in [2.75, 3.05) is 161 Å². The molecule has 0 radical (unpaired) electrons. The van der Waals surface area contributed by atoms with Gasteiger partial charge in [0.05, 0.1) is 84.5 Å². The lowest BCUT2D eigenvalue weighted by atomic mass is 9.80. The third-order valence-electron chi connectivity index (χ3n) is 30.9. The van der Waals surface area contributed by atoms with E-state index in [9.17, 15) is 27.4 Å². The molecule has 148 heavy (non-hydrogen) atoms. The first-order valence-corrected chi connectivity index (χ1v) is 58.1. The highest BCUT2D eigenvalue weighted by Gasteiger charge is 2.43. The second-order valence-electron chi connectivity index (χ2n) is 41.3. The average Bonchev–Trinajstić information content (AvgIpc) is 1.62. The minimum atomic E-state index is -2.89. The van der Waals surface area contributed by atoms with Gasteiger partial charge in [-0.2, -0.15) is 30.9 Å². The summed E-state index contributed by atoms with van der Waals surface area (Å²) < 4.78 is 53.1. The summed E-state index contributed by atoms with van der Waals surface area (Å²) in [6.07, 6.45) is 28.4. The van der Waals surface area contributed by atoms with Crippen molar-refractivity contribution in [2.45, 2.75) is 143 Å². The average molecular weight is 2200 g/mol. The Morgan fingerprint density at radius 1 is 0.365 bits per heavy atom. The highest BCUT2D eigenvalue weighted by Crippen LogP contribution is 2.44. The van der Waals surface area contributed by atoms with Crippen LogP contribution in [0.3, 0.4) is 0 Å². The Balaban J connectivity index is 0.000000124. The van der Waals surface area contributed by atoms with Crippen molar-refractivity contribution in [3.63, 3.8) is 0 Å². The van der Waals surface area contributed by atoms with Crippen LogP contribution in [-0.2, 0) is 32.8 Å². The molecule has 2 N–H and O–H groups in total. The molecule has 0 unspecified atom stereocenters. The van der Waals surface area contributed by atoms with Crippen LogP contribution in [0.15, 0.2) is 123 Å². The van der Waals surface area contributed by atoms with Gasteiger partial charge in [-0.3, -0.25) is 9.80 Å². The third kappa shape index (κ3) is 24.4. The quantitative estimate of drug-likeness (QED) is 0.0460. The highest BCUT2D eigenvalue weighted by molar-refractivity contribution is 7.90. The van der Waals surface area contributed by atoms with Gasteiger partial charge in [-0.05, 0) is 263 Å². The molecule has 44 heteroatoms. The van der Waals surface area contributed by atoms with E-state index in [1.807, 2.05) is 98.2 Å². The van der Waals surface area contributed by atoms with Gasteiger partial charge in [0.2, 0.25) is 0 Å². The van der Waals surface area contributed by atoms with Crippen molar-refractivity contribution in [1.82, 2.24) is 119 Å². The summed E-state index contributed by atoms with van der Waals surface area (Å²) in [5.74, 6) is 9.04. The topological polar surface area (TPSA) is 374 Å². The number of aromatic nitrogens is 20. The molecule has 8 saturated heterocycles. The van der Waals surface area contributed by atoms with E-state index in [1.165, 1.54) is 75.3 Å². The van der Waals surface area contributed by atoms with E-state index in [0.717, 1.165) is 210 Å². The Morgan fingerprint density at radius 3 is 0.905 bits per heavy atom. The number of hydrogen-bond acceptors (Lipinski definition) is 28. The fraction of sp³-hybridized carbons (Fsp3) is 0.500. The number of imidazole rings is 2. The number of likely N-dealkylation sites (tertiary alicyclic amines) is 4. The van der Waals surface area contributed by atoms with E-state index < -0.39 is 19.7 Å². The van der Waals surface area contributed by atoms with Gasteiger partial charge in [0, 0.05) is 168 Å². The van der Waals surface area contributed by atoms with Gasteiger partial charge in [0.25, 0.3) is 0 Å². The van der Waals surface area contributed by atoms with Crippen LogP contribution in [0, 0.1) is 83.9 Å². The molecule has 780 valence electrons. The smallest absolute Gasteiger partial charge is 0.190 e. The van der Waals surface area contributed by atoms with Gasteiger partial charge in [-0.1, -0.05) is 117 Å². The number of aryl methyl sites for hydroxylation is 2. The minimum Gasteiger partial charge on any atom is -0.355 e. The molecular weight excluding hydrogens is 2080 g/mol. The van der Waals surface area contributed by atoms with Crippen LogP contribution in [0.25, 0.3) is 44.7 Å². The van der Waals surface area contributed by atoms with Crippen LogP contribution >= 0.6 is 92.8 Å². The number of nitriles is 2. The predicted molar refractivity (Wildman–Crippen MR) is 584 cm³/mol. The zero-order valence-electron chi connectivity index (χ0n) is 84.1. The van der Waals surface area contributed by atoms with Gasteiger partial charge in [0.15, 0.2) is 34.0 Å². The standard InChI is InChI=1S/2C26H27Cl2N9.2C26H34Cl2N6O2S/c2*1-16(21-5-4-19(27)7-22(21)28)37-26-25(23(8-29)34-37)31-10-24(33-26)36-12-18(13-36)17-3-2-6-35(11-17)14-20-9-30-15-32-20;2*1-17-25-26(34(31-17)18(2)22-8-7-21(27)12-23(22)28)30-24(13-29-25)33-15-20(16-33)19-6-4-9-32(14-19)10-5-11-37(3,35)36/h2*4-5,7,9-10,15-18H,2-3,6,11-14H2,1H3,(H,30,32);2*7-8,12-13,18-20H,4-6,9-11,14-16H2,1-3H3/t16-,17+;16-,17-;18-,19+;18-,19-/m1111/s1. The van der Waals surface area contributed by atoms with Crippen molar-refractivity contribution in [1.29, 1.82) is 10.5 Å². The zero-order valence-corrected chi connectivity index (χ0v) is 91.8. The number of aromatic amines is 2. The molecule has 10 aromatic heterocycles. The number of piperidine rings is 4. The number of rotatable bonds is 28. The number of fused-ring (bicyclic) bond motifs is 4. The van der Waals surface area contributed by atoms with E-state index in [4.69, 9.17) is 133 Å². The lowest BCUT2D eigenvalue weighted by Gasteiger charge is -2.47. The lowest BCUT2D eigenvalue weighted by Crippen LogP contribution is -2.54. The summed E-state index contributed by atoms with van der Waals surface area (Å²) in [6, 6.07) is 25.4. The molecule has 8 aliphatic rings. The van der Waals surface area contributed by atoms with Crippen LogP contribution in [0.2, 0.25) is 40.2 Å². The molecule has 0 spiro atoms. The zero-order chi connectivity index (χ0) is 104. The maximum absolute atomic E-state index is 11.5. The third-order valence-corrected chi connectivity index (χ3v) is 35.2. The first-order chi connectivity index (χ1) is 71.2. The Bertz CT molecular complexity index is 6990. The molecule has 0 amide bonds. The second-order valence-corrected chi connectivity index (χ2v) is 49.2. The lowest BCUT2D eigenvalue weighted by molar-refractivity contribution is 0.113. The Morgan fingerprint density at radius 2 is 0.635 bits per heavy atom. The van der Waals surface area contributed by atoms with Crippen LogP contribution < -0.4 is 19.6 Å². The molecule has 0 bridgehead atoms. The number of H-pyrrole nitrogens is 2. The van der Waals surface area contributed by atoms with Crippen LogP contribution in [0.5, 0.6) is 0 Å². The second kappa shape index (κ2) is 46.1. The minimum absolute atomic E-state index is 0.120.